The molecule has 0 amide bonds. The fourth-order valence-corrected chi connectivity index (χ4v) is 10.1. The van der Waals surface area contributed by atoms with Crippen molar-refractivity contribution < 1.29 is 35.7 Å². The second kappa shape index (κ2) is 9.25. The molecule has 0 aliphatic heterocycles. The summed E-state index contributed by atoms with van der Waals surface area (Å²) in [6, 6.07) is 0. The molecule has 4 aliphatic carbocycles. The molecule has 214 valence electrons. The van der Waals surface area contributed by atoms with Crippen molar-refractivity contribution in [3.8, 4) is 0 Å². The molecule has 4 aliphatic rings. The number of fused-ring (bicyclic) bond motifs is 5. The Hall–Kier alpha value is -0.540. The smallest absolute Gasteiger partial charge is 0.108 e. The summed E-state index contributed by atoms with van der Waals surface area (Å²) in [5.74, 6) is -0.498. The molecule has 4 rings (SSSR count). The molecule has 0 heterocycles. The maximum atomic E-state index is 11.6. The Morgan fingerprint density at radius 1 is 1.03 bits per heavy atom. The van der Waals surface area contributed by atoms with Crippen LogP contribution in [0.4, 0.5) is 0 Å². The van der Waals surface area contributed by atoms with Crippen LogP contribution in [0.15, 0.2) is 11.6 Å². The second-order valence-corrected chi connectivity index (χ2v) is 14.9. The summed E-state index contributed by atoms with van der Waals surface area (Å²) < 4.78 is 0. The van der Waals surface area contributed by atoms with E-state index < -0.39 is 47.0 Å². The SMILES string of the molecule is CC(CC(O)C(O)C(C)(C)O)C1C(O)CC2(C)C3CC(O)C4C(CO)(CCC(O)C4(C)C)C3=CCC12C. The highest BCUT2D eigenvalue weighted by Crippen LogP contribution is 2.73. The Labute approximate surface area is 222 Å². The second-order valence-electron chi connectivity index (χ2n) is 14.9. The molecule has 0 radical (unpaired) electrons. The lowest BCUT2D eigenvalue weighted by molar-refractivity contribution is -0.181. The van der Waals surface area contributed by atoms with E-state index in [1.807, 2.05) is 20.8 Å². The van der Waals surface area contributed by atoms with Gasteiger partial charge in [-0.05, 0) is 86.4 Å². The highest BCUT2D eigenvalue weighted by Gasteiger charge is 2.69. The number of aliphatic hydroxyl groups excluding tert-OH is 6. The summed E-state index contributed by atoms with van der Waals surface area (Å²) >= 11 is 0. The molecule has 0 bridgehead atoms. The molecule has 0 aromatic rings. The van der Waals surface area contributed by atoms with Gasteiger partial charge in [0.15, 0.2) is 0 Å². The standard InChI is InChI=1S/C30H52O7/c1-16(12-20(33)25(36)27(4,5)37)23-21(34)14-29(7)18-13-19(32)24-26(2,3)22(35)9-11-30(24,15-31)17(18)8-10-28(23,29)6/h8,16,18-25,31-37H,9-15H2,1-7H3. The van der Waals surface area contributed by atoms with Gasteiger partial charge >= 0.3 is 0 Å². The first kappa shape index (κ1) is 29.4. The highest BCUT2D eigenvalue weighted by atomic mass is 16.4. The van der Waals surface area contributed by atoms with Gasteiger partial charge in [0.1, 0.15) is 6.10 Å². The molecular formula is C30H52O7. The molecule has 7 heteroatoms. The maximum absolute atomic E-state index is 11.6. The molecule has 0 aromatic carbocycles. The van der Waals surface area contributed by atoms with Gasteiger partial charge in [0, 0.05) is 11.3 Å². The highest BCUT2D eigenvalue weighted by molar-refractivity contribution is 5.35. The van der Waals surface area contributed by atoms with Crippen LogP contribution in [0.5, 0.6) is 0 Å². The lowest BCUT2D eigenvalue weighted by atomic mass is 9.40. The van der Waals surface area contributed by atoms with E-state index in [1.165, 1.54) is 19.4 Å². The van der Waals surface area contributed by atoms with Crippen molar-refractivity contribution in [3.05, 3.63) is 11.6 Å². The minimum Gasteiger partial charge on any atom is -0.395 e. The molecule has 7 nitrogen and oxygen atoms in total. The van der Waals surface area contributed by atoms with Gasteiger partial charge in [-0.25, -0.2) is 0 Å². The fraction of sp³-hybridized carbons (Fsp3) is 0.933. The molecule has 3 fully saturated rings. The fourth-order valence-electron chi connectivity index (χ4n) is 10.1. The molecule has 7 N–H and O–H groups in total. The normalized spacial score (nSPS) is 47.8. The van der Waals surface area contributed by atoms with Gasteiger partial charge in [-0.2, -0.15) is 0 Å². The maximum Gasteiger partial charge on any atom is 0.108 e. The molecule has 37 heavy (non-hydrogen) atoms. The van der Waals surface area contributed by atoms with E-state index in [-0.39, 0.29) is 47.5 Å². The minimum absolute atomic E-state index is 0.00516. The minimum atomic E-state index is -1.43. The van der Waals surface area contributed by atoms with Gasteiger partial charge in [-0.15, -0.1) is 0 Å². The van der Waals surface area contributed by atoms with Crippen LogP contribution in [0.25, 0.3) is 0 Å². The van der Waals surface area contributed by atoms with Gasteiger partial charge in [-0.3, -0.25) is 0 Å². The monoisotopic (exact) mass is 524 g/mol. The summed E-state index contributed by atoms with van der Waals surface area (Å²) in [7, 11) is 0. The number of allylic oxidation sites excluding steroid dienone is 1. The first-order chi connectivity index (χ1) is 16.9. The van der Waals surface area contributed by atoms with E-state index in [4.69, 9.17) is 0 Å². The van der Waals surface area contributed by atoms with Crippen molar-refractivity contribution in [2.75, 3.05) is 6.61 Å². The third-order valence-electron chi connectivity index (χ3n) is 12.1. The first-order valence-corrected chi connectivity index (χ1v) is 14.3. The first-order valence-electron chi connectivity index (χ1n) is 14.3. The third kappa shape index (κ3) is 4.10. The van der Waals surface area contributed by atoms with Crippen LogP contribution < -0.4 is 0 Å². The summed E-state index contributed by atoms with van der Waals surface area (Å²) in [4.78, 5) is 0. The molecule has 12 atom stereocenters. The summed E-state index contributed by atoms with van der Waals surface area (Å²) in [6.45, 7) is 13.4. The molecular weight excluding hydrogens is 472 g/mol. The average Bonchev–Trinajstić information content (AvgIpc) is 3.00. The van der Waals surface area contributed by atoms with Crippen molar-refractivity contribution in [3.63, 3.8) is 0 Å². The van der Waals surface area contributed by atoms with E-state index in [9.17, 15) is 35.7 Å². The van der Waals surface area contributed by atoms with Crippen molar-refractivity contribution in [1.82, 2.24) is 0 Å². The van der Waals surface area contributed by atoms with E-state index >= 15 is 0 Å². The lowest BCUT2D eigenvalue weighted by Crippen LogP contribution is -2.64. The number of hydrogen-bond acceptors (Lipinski definition) is 7. The summed E-state index contributed by atoms with van der Waals surface area (Å²) in [5, 5.41) is 76.2. The molecule has 0 aromatic heterocycles. The Morgan fingerprint density at radius 2 is 1.65 bits per heavy atom. The average molecular weight is 525 g/mol. The number of aliphatic hydroxyl groups is 7. The van der Waals surface area contributed by atoms with Crippen LogP contribution in [0, 0.1) is 45.3 Å². The zero-order chi connectivity index (χ0) is 27.9. The van der Waals surface area contributed by atoms with E-state index in [0.29, 0.717) is 25.7 Å². The van der Waals surface area contributed by atoms with Crippen LogP contribution in [0.1, 0.15) is 87.0 Å². The van der Waals surface area contributed by atoms with Gasteiger partial charge in [-0.1, -0.05) is 46.3 Å². The van der Waals surface area contributed by atoms with Crippen LogP contribution in [0.3, 0.4) is 0 Å². The molecule has 0 saturated heterocycles. The Balaban J connectivity index is 1.71. The van der Waals surface area contributed by atoms with Gasteiger partial charge in [0.25, 0.3) is 0 Å². The third-order valence-corrected chi connectivity index (χ3v) is 12.1. The van der Waals surface area contributed by atoms with Gasteiger partial charge < -0.3 is 35.7 Å². The topological polar surface area (TPSA) is 142 Å². The predicted molar refractivity (Wildman–Crippen MR) is 141 cm³/mol. The van der Waals surface area contributed by atoms with Crippen LogP contribution in [-0.4, -0.2) is 78.5 Å². The van der Waals surface area contributed by atoms with E-state index in [0.717, 1.165) is 6.42 Å². The van der Waals surface area contributed by atoms with Crippen LogP contribution in [-0.2, 0) is 0 Å². The van der Waals surface area contributed by atoms with Gasteiger partial charge in [0.05, 0.1) is 36.6 Å². The van der Waals surface area contributed by atoms with E-state index in [2.05, 4.69) is 19.9 Å². The van der Waals surface area contributed by atoms with Crippen LogP contribution >= 0.6 is 0 Å². The quantitative estimate of drug-likeness (QED) is 0.265. The molecule has 12 unspecified atom stereocenters. The van der Waals surface area contributed by atoms with E-state index in [1.54, 1.807) is 0 Å². The zero-order valence-electron chi connectivity index (χ0n) is 23.9. The molecule has 3 saturated carbocycles. The van der Waals surface area contributed by atoms with Crippen molar-refractivity contribution in [2.45, 2.75) is 123 Å². The van der Waals surface area contributed by atoms with Crippen molar-refractivity contribution in [1.29, 1.82) is 0 Å². The predicted octanol–water partition coefficient (Wildman–Crippen LogP) is 2.39. The van der Waals surface area contributed by atoms with Crippen molar-refractivity contribution in [2.24, 2.45) is 45.3 Å². The summed E-state index contributed by atoms with van der Waals surface area (Å²) in [5.41, 5.74) is -1.99. The van der Waals surface area contributed by atoms with Crippen molar-refractivity contribution >= 4 is 0 Å². The summed E-state index contributed by atoms with van der Waals surface area (Å²) in [6.07, 6.45) is 1.37. The zero-order valence-corrected chi connectivity index (χ0v) is 23.9. The van der Waals surface area contributed by atoms with Gasteiger partial charge in [0.2, 0.25) is 0 Å². The lowest BCUT2D eigenvalue weighted by Gasteiger charge is -2.65. The Bertz CT molecular complexity index is 895. The van der Waals surface area contributed by atoms with Crippen LogP contribution in [0.2, 0.25) is 0 Å². The number of rotatable bonds is 6. The molecule has 0 spiro atoms. The largest absolute Gasteiger partial charge is 0.395 e. The number of hydrogen-bond donors (Lipinski definition) is 7. The Kier molecular flexibility index (Phi) is 7.36. The Morgan fingerprint density at radius 3 is 2.22 bits per heavy atom.